The van der Waals surface area contributed by atoms with Gasteiger partial charge < -0.3 is 4.42 Å². The van der Waals surface area contributed by atoms with Crippen molar-refractivity contribution in [3.05, 3.63) is 91.8 Å². The molecule has 0 atom stereocenters. The van der Waals surface area contributed by atoms with Crippen molar-refractivity contribution in [2.75, 3.05) is 0 Å². The van der Waals surface area contributed by atoms with Gasteiger partial charge in [-0.15, -0.1) is 42.0 Å². The second-order valence-electron chi connectivity index (χ2n) is 4.35. The van der Waals surface area contributed by atoms with Crippen LogP contribution < -0.4 is 0 Å². The predicted molar refractivity (Wildman–Crippen MR) is 83.2 cm³/mol. The van der Waals surface area contributed by atoms with Crippen LogP contribution in [0.2, 0.25) is 0 Å². The van der Waals surface area contributed by atoms with E-state index < -0.39 is 0 Å². The summed E-state index contributed by atoms with van der Waals surface area (Å²) >= 11 is 0. The van der Waals surface area contributed by atoms with Crippen molar-refractivity contribution in [1.82, 2.24) is 14.8 Å². The van der Waals surface area contributed by atoms with E-state index in [1.165, 1.54) is 6.39 Å². The van der Waals surface area contributed by atoms with Crippen LogP contribution in [0, 0.1) is 12.1 Å². The Balaban J connectivity index is 0.000000160. The summed E-state index contributed by atoms with van der Waals surface area (Å²) in [5.41, 5.74) is 2.75. The van der Waals surface area contributed by atoms with E-state index in [4.69, 9.17) is 4.42 Å². The summed E-state index contributed by atoms with van der Waals surface area (Å²) in [4.78, 5) is 3.99. The number of nitrogens with zero attached hydrogens (tertiary/aromatic N) is 3. The Hall–Kier alpha value is -2.49. The number of para-hydroxylation sites is 1. The number of hydrogen-bond acceptors (Lipinski definition) is 3. The van der Waals surface area contributed by atoms with Gasteiger partial charge >= 0.3 is 0 Å². The first-order valence-corrected chi connectivity index (χ1v) is 6.75. The number of benzene rings is 2. The fraction of sp³-hybridized carbons (Fsp3) is 0. The minimum Gasteiger partial charge on any atom is -0.462 e. The second kappa shape index (κ2) is 8.83. The SMILES string of the molecule is [Ir].[c-]1ccccc1-c1cocn1.[c-]1ccccc1-n1cccn1. The molecule has 2 aromatic carbocycles. The maximum atomic E-state index is 4.84. The standard InChI is InChI=1S/C9H7N2.C9H6NO.Ir/c1-2-5-9(6-3-1)11-8-4-7-10-11;1-2-4-8(5-3-1)9-6-11-7-10-9;/h1-5,7-8H;1-4,6-7H;/q2*-1;. The first kappa shape index (κ1) is 16.9. The van der Waals surface area contributed by atoms with Gasteiger partial charge in [0.1, 0.15) is 0 Å². The van der Waals surface area contributed by atoms with Crippen molar-refractivity contribution >= 4 is 0 Å². The van der Waals surface area contributed by atoms with Crippen molar-refractivity contribution in [2.24, 2.45) is 0 Å². The van der Waals surface area contributed by atoms with Crippen molar-refractivity contribution in [3.8, 4) is 16.9 Å². The number of oxazole rings is 1. The molecular formula is C18H13IrN3O-2. The molecule has 2 heterocycles. The molecule has 0 amide bonds. The van der Waals surface area contributed by atoms with Crippen molar-refractivity contribution < 1.29 is 24.5 Å². The predicted octanol–water partition coefficient (Wildman–Crippen LogP) is 3.81. The van der Waals surface area contributed by atoms with Crippen LogP contribution in [0.25, 0.3) is 16.9 Å². The van der Waals surface area contributed by atoms with Crippen LogP contribution in [0.4, 0.5) is 0 Å². The third-order valence-electron chi connectivity index (χ3n) is 2.86. The van der Waals surface area contributed by atoms with E-state index in [-0.39, 0.29) is 20.1 Å². The molecule has 2 aromatic heterocycles. The van der Waals surface area contributed by atoms with Gasteiger partial charge in [0, 0.05) is 38.2 Å². The summed E-state index contributed by atoms with van der Waals surface area (Å²) in [6.07, 6.45) is 6.66. The summed E-state index contributed by atoms with van der Waals surface area (Å²) in [6, 6.07) is 23.4. The first-order chi connectivity index (χ1) is 10.9. The van der Waals surface area contributed by atoms with Crippen molar-refractivity contribution in [2.45, 2.75) is 0 Å². The monoisotopic (exact) mass is 480 g/mol. The molecule has 1 radical (unpaired) electrons. The average Bonchev–Trinajstić information content (AvgIpc) is 3.31. The van der Waals surface area contributed by atoms with Gasteiger partial charge in [0.15, 0.2) is 6.39 Å². The van der Waals surface area contributed by atoms with E-state index in [9.17, 15) is 0 Å². The quantitative estimate of drug-likeness (QED) is 0.411. The molecule has 0 N–H and O–H groups in total. The molecule has 5 heteroatoms. The Morgan fingerprint density at radius 3 is 2.35 bits per heavy atom. The van der Waals surface area contributed by atoms with Gasteiger partial charge in [-0.1, -0.05) is 0 Å². The maximum absolute atomic E-state index is 4.84. The smallest absolute Gasteiger partial charge is 0.170 e. The number of aromatic nitrogens is 3. The van der Waals surface area contributed by atoms with E-state index in [2.05, 4.69) is 22.2 Å². The van der Waals surface area contributed by atoms with Crippen LogP contribution in [-0.4, -0.2) is 14.8 Å². The zero-order valence-corrected chi connectivity index (χ0v) is 14.5. The minimum atomic E-state index is 0. The molecule has 4 nitrogen and oxygen atoms in total. The number of hydrogen-bond donors (Lipinski definition) is 0. The molecule has 0 spiro atoms. The molecule has 0 saturated carbocycles. The molecule has 0 fully saturated rings. The third kappa shape index (κ3) is 4.74. The normalized spacial score (nSPS) is 9.39. The molecule has 117 valence electrons. The summed E-state index contributed by atoms with van der Waals surface area (Å²) in [7, 11) is 0. The Morgan fingerprint density at radius 2 is 1.78 bits per heavy atom. The molecular weight excluding hydrogens is 466 g/mol. The van der Waals surface area contributed by atoms with Gasteiger partial charge in [-0.25, -0.2) is 0 Å². The first-order valence-electron chi connectivity index (χ1n) is 6.75. The molecule has 23 heavy (non-hydrogen) atoms. The Bertz CT molecular complexity index is 700. The molecule has 0 aliphatic carbocycles. The van der Waals surface area contributed by atoms with E-state index >= 15 is 0 Å². The molecule has 0 saturated heterocycles. The topological polar surface area (TPSA) is 43.9 Å². The van der Waals surface area contributed by atoms with Crippen LogP contribution in [0.3, 0.4) is 0 Å². The van der Waals surface area contributed by atoms with Crippen molar-refractivity contribution in [3.63, 3.8) is 0 Å². The van der Waals surface area contributed by atoms with Gasteiger partial charge in [-0.2, -0.15) is 29.4 Å². The van der Waals surface area contributed by atoms with Gasteiger partial charge in [0.05, 0.1) is 6.26 Å². The van der Waals surface area contributed by atoms with Crippen LogP contribution >= 0.6 is 0 Å². The fourth-order valence-electron chi connectivity index (χ4n) is 1.84. The van der Waals surface area contributed by atoms with E-state index in [0.29, 0.717) is 0 Å². The zero-order chi connectivity index (χ0) is 15.0. The van der Waals surface area contributed by atoms with Gasteiger partial charge in [0.25, 0.3) is 0 Å². The summed E-state index contributed by atoms with van der Waals surface area (Å²) in [5, 5.41) is 4.07. The molecule has 0 aliphatic heterocycles. The van der Waals surface area contributed by atoms with Crippen LogP contribution in [0.5, 0.6) is 0 Å². The second-order valence-corrected chi connectivity index (χ2v) is 4.35. The third-order valence-corrected chi connectivity index (χ3v) is 2.86. The maximum Gasteiger partial charge on any atom is 0.170 e. The van der Waals surface area contributed by atoms with E-state index in [0.717, 1.165) is 16.9 Å². The van der Waals surface area contributed by atoms with Gasteiger partial charge in [-0.05, 0) is 11.8 Å². The molecule has 4 rings (SSSR count). The van der Waals surface area contributed by atoms with E-state index in [1.54, 1.807) is 17.1 Å². The Labute approximate surface area is 148 Å². The summed E-state index contributed by atoms with van der Waals surface area (Å²) in [5.74, 6) is 0. The molecule has 0 unspecified atom stereocenters. The van der Waals surface area contributed by atoms with Gasteiger partial charge in [-0.3, -0.25) is 9.67 Å². The van der Waals surface area contributed by atoms with Crippen molar-refractivity contribution in [1.29, 1.82) is 0 Å². The largest absolute Gasteiger partial charge is 0.462 e. The Morgan fingerprint density at radius 1 is 0.957 bits per heavy atom. The minimum absolute atomic E-state index is 0. The zero-order valence-electron chi connectivity index (χ0n) is 12.1. The van der Waals surface area contributed by atoms with Crippen LogP contribution in [0.1, 0.15) is 0 Å². The van der Waals surface area contributed by atoms with Gasteiger partial charge in [0.2, 0.25) is 0 Å². The summed E-state index contributed by atoms with van der Waals surface area (Å²) in [6.45, 7) is 0. The van der Waals surface area contributed by atoms with E-state index in [1.807, 2.05) is 60.8 Å². The van der Waals surface area contributed by atoms with Crippen LogP contribution in [-0.2, 0) is 20.1 Å². The summed E-state index contributed by atoms with van der Waals surface area (Å²) < 4.78 is 6.62. The number of rotatable bonds is 2. The molecule has 4 aromatic rings. The average molecular weight is 480 g/mol. The molecule has 0 bridgehead atoms. The fourth-order valence-corrected chi connectivity index (χ4v) is 1.84. The van der Waals surface area contributed by atoms with Crippen LogP contribution in [0.15, 0.2) is 84.1 Å². The molecule has 0 aliphatic rings. The Kier molecular flexibility index (Phi) is 6.48.